The van der Waals surface area contributed by atoms with Crippen molar-refractivity contribution in [3.63, 3.8) is 0 Å². The summed E-state index contributed by atoms with van der Waals surface area (Å²) in [5.41, 5.74) is 4.39. The Morgan fingerprint density at radius 3 is 2.79 bits per heavy atom. The molecule has 0 aliphatic carbocycles. The fourth-order valence-electron chi connectivity index (χ4n) is 3.68. The Hall–Kier alpha value is -1.72. The number of rotatable bonds is 2. The van der Waals surface area contributed by atoms with Crippen molar-refractivity contribution in [3.8, 4) is 0 Å². The van der Waals surface area contributed by atoms with Crippen LogP contribution in [0.5, 0.6) is 0 Å². The molecule has 0 saturated carbocycles. The van der Waals surface area contributed by atoms with Gasteiger partial charge in [0.15, 0.2) is 0 Å². The maximum Gasteiger partial charge on any atom is 0.146 e. The number of fused-ring (bicyclic) bond motifs is 2. The third-order valence-corrected chi connectivity index (χ3v) is 5.55. The number of aryl methyl sites for hydroxylation is 1. The number of nitrogens with one attached hydrogen (secondary N) is 1. The summed E-state index contributed by atoms with van der Waals surface area (Å²) in [6, 6.07) is 8.85. The molecule has 0 radical (unpaired) electrons. The van der Waals surface area contributed by atoms with Crippen LogP contribution in [0.15, 0.2) is 24.3 Å². The van der Waals surface area contributed by atoms with Crippen LogP contribution >= 0.6 is 11.6 Å². The van der Waals surface area contributed by atoms with Gasteiger partial charge in [-0.1, -0.05) is 23.7 Å². The minimum absolute atomic E-state index is 0.0122. The van der Waals surface area contributed by atoms with Crippen molar-refractivity contribution < 1.29 is 0 Å². The van der Waals surface area contributed by atoms with E-state index in [0.29, 0.717) is 6.04 Å². The van der Waals surface area contributed by atoms with Gasteiger partial charge in [-0.2, -0.15) is 5.10 Å². The molecule has 6 heteroatoms. The van der Waals surface area contributed by atoms with E-state index in [2.05, 4.69) is 58.9 Å². The monoisotopic (exact) mass is 345 g/mol. The molecule has 1 aromatic carbocycles. The van der Waals surface area contributed by atoms with Crippen LogP contribution in [-0.2, 0) is 13.1 Å². The van der Waals surface area contributed by atoms with Gasteiger partial charge in [-0.25, -0.2) is 0 Å². The summed E-state index contributed by atoms with van der Waals surface area (Å²) < 4.78 is 2.11. The number of halogens is 1. The van der Waals surface area contributed by atoms with Gasteiger partial charge in [0.25, 0.3) is 0 Å². The van der Waals surface area contributed by atoms with E-state index in [-0.39, 0.29) is 6.17 Å². The Bertz CT molecular complexity index is 754. The number of para-hydroxylation sites is 2. The molecule has 1 unspecified atom stereocenters. The lowest BCUT2D eigenvalue weighted by atomic mass is 10.2. The zero-order chi connectivity index (χ0) is 16.8. The van der Waals surface area contributed by atoms with Crippen LogP contribution in [0.2, 0.25) is 5.02 Å². The minimum atomic E-state index is -0.0122. The van der Waals surface area contributed by atoms with Gasteiger partial charge in [-0.3, -0.25) is 9.58 Å². The molecule has 2 aliphatic rings. The highest BCUT2D eigenvalue weighted by Crippen LogP contribution is 2.42. The zero-order valence-electron chi connectivity index (χ0n) is 14.5. The molecule has 2 aliphatic heterocycles. The molecule has 24 heavy (non-hydrogen) atoms. The summed E-state index contributed by atoms with van der Waals surface area (Å²) in [4.78, 5) is 4.68. The van der Waals surface area contributed by atoms with Gasteiger partial charge >= 0.3 is 0 Å². The predicted octanol–water partition coefficient (Wildman–Crippen LogP) is 3.71. The Kier molecular flexibility index (Phi) is 3.93. The van der Waals surface area contributed by atoms with Crippen molar-refractivity contribution in [1.82, 2.24) is 14.7 Å². The van der Waals surface area contributed by atoms with Gasteiger partial charge < -0.3 is 10.2 Å². The number of aromatic nitrogens is 2. The summed E-state index contributed by atoms with van der Waals surface area (Å²) in [7, 11) is 2.09. The van der Waals surface area contributed by atoms with Crippen molar-refractivity contribution >= 4 is 23.0 Å². The Balaban J connectivity index is 1.68. The molecule has 0 saturated heterocycles. The summed E-state index contributed by atoms with van der Waals surface area (Å²) in [6.45, 7) is 7.38. The third kappa shape index (κ3) is 2.47. The summed E-state index contributed by atoms with van der Waals surface area (Å²) >= 11 is 6.80. The molecular formula is C18H24ClN5. The lowest BCUT2D eigenvalue weighted by molar-refractivity contribution is 0.216. The van der Waals surface area contributed by atoms with Gasteiger partial charge in [0.2, 0.25) is 0 Å². The number of hydrogen-bond donors (Lipinski definition) is 1. The molecular weight excluding hydrogens is 322 g/mol. The van der Waals surface area contributed by atoms with Crippen molar-refractivity contribution in [3.05, 3.63) is 40.7 Å². The van der Waals surface area contributed by atoms with E-state index in [1.54, 1.807) is 0 Å². The fraction of sp³-hybridized carbons (Fsp3) is 0.500. The summed E-state index contributed by atoms with van der Waals surface area (Å²) in [5, 5.41) is 9.23. The minimum Gasteiger partial charge on any atom is -0.358 e. The first-order valence-corrected chi connectivity index (χ1v) is 9.01. The average molecular weight is 346 g/mol. The second-order valence-electron chi connectivity index (χ2n) is 6.96. The van der Waals surface area contributed by atoms with E-state index < -0.39 is 0 Å². The van der Waals surface area contributed by atoms with Crippen LogP contribution in [0.1, 0.15) is 37.8 Å². The van der Waals surface area contributed by atoms with Crippen LogP contribution < -0.4 is 10.2 Å². The van der Waals surface area contributed by atoms with Crippen LogP contribution in [0.25, 0.3) is 0 Å². The van der Waals surface area contributed by atoms with Gasteiger partial charge in [-0.15, -0.1) is 0 Å². The molecule has 1 atom stereocenters. The molecule has 0 bridgehead atoms. The van der Waals surface area contributed by atoms with E-state index >= 15 is 0 Å². The first-order chi connectivity index (χ1) is 11.6. The highest BCUT2D eigenvalue weighted by molar-refractivity contribution is 6.32. The highest BCUT2D eigenvalue weighted by atomic mass is 35.5. The zero-order valence-corrected chi connectivity index (χ0v) is 15.2. The lowest BCUT2D eigenvalue weighted by Crippen LogP contribution is -2.30. The first kappa shape index (κ1) is 15.8. The van der Waals surface area contributed by atoms with Crippen molar-refractivity contribution in [2.75, 3.05) is 23.8 Å². The van der Waals surface area contributed by atoms with Crippen LogP contribution in [-0.4, -0.2) is 34.3 Å². The second kappa shape index (κ2) is 5.97. The SMILES string of the molecule is CC(C)N1CCCn2nc(C3Nc4ccccc4N3C)c(Cl)c2C1. The molecule has 4 rings (SSSR count). The van der Waals surface area contributed by atoms with Gasteiger partial charge in [0.05, 0.1) is 22.1 Å². The van der Waals surface area contributed by atoms with Gasteiger partial charge in [-0.05, 0) is 32.4 Å². The Morgan fingerprint density at radius 2 is 2.04 bits per heavy atom. The predicted molar refractivity (Wildman–Crippen MR) is 98.6 cm³/mol. The fourth-order valence-corrected chi connectivity index (χ4v) is 3.98. The molecule has 2 aromatic rings. The van der Waals surface area contributed by atoms with E-state index in [1.165, 1.54) is 5.69 Å². The largest absolute Gasteiger partial charge is 0.358 e. The van der Waals surface area contributed by atoms with Crippen LogP contribution in [0.3, 0.4) is 0 Å². The quantitative estimate of drug-likeness (QED) is 0.900. The summed E-state index contributed by atoms with van der Waals surface area (Å²) in [5.74, 6) is 0. The Morgan fingerprint density at radius 1 is 1.25 bits per heavy atom. The first-order valence-electron chi connectivity index (χ1n) is 8.64. The maximum atomic E-state index is 6.80. The highest BCUT2D eigenvalue weighted by Gasteiger charge is 2.33. The van der Waals surface area contributed by atoms with Gasteiger partial charge in [0, 0.05) is 32.7 Å². The summed E-state index contributed by atoms with van der Waals surface area (Å²) in [6.07, 6.45) is 1.10. The molecule has 3 heterocycles. The van der Waals surface area contributed by atoms with Crippen molar-refractivity contribution in [2.24, 2.45) is 0 Å². The van der Waals surface area contributed by atoms with E-state index in [1.807, 2.05) is 6.07 Å². The molecule has 1 N–H and O–H groups in total. The molecule has 0 fully saturated rings. The van der Waals surface area contributed by atoms with E-state index in [4.69, 9.17) is 16.7 Å². The van der Waals surface area contributed by atoms with Crippen LogP contribution in [0.4, 0.5) is 11.4 Å². The number of benzene rings is 1. The van der Waals surface area contributed by atoms with Crippen molar-refractivity contribution in [2.45, 2.75) is 45.6 Å². The molecule has 128 valence electrons. The standard InChI is InChI=1S/C18H24ClN5/c1-12(2)23-9-6-10-24-15(11-23)16(19)17(21-24)18-20-13-7-4-5-8-14(13)22(18)3/h4-5,7-8,12,18,20H,6,9-11H2,1-3H3. The Labute approximate surface area is 148 Å². The lowest BCUT2D eigenvalue weighted by Gasteiger charge is -2.24. The number of anilines is 2. The number of nitrogens with zero attached hydrogens (tertiary/aromatic N) is 4. The molecule has 0 amide bonds. The second-order valence-corrected chi connectivity index (χ2v) is 7.34. The number of hydrogen-bond acceptors (Lipinski definition) is 4. The average Bonchev–Trinajstić information content (AvgIpc) is 2.95. The molecule has 1 aromatic heterocycles. The van der Waals surface area contributed by atoms with Crippen LogP contribution in [0, 0.1) is 0 Å². The topological polar surface area (TPSA) is 36.3 Å². The van der Waals surface area contributed by atoms with Crippen molar-refractivity contribution in [1.29, 1.82) is 0 Å². The third-order valence-electron chi connectivity index (χ3n) is 5.14. The molecule has 0 spiro atoms. The normalized spacial score (nSPS) is 20.7. The smallest absolute Gasteiger partial charge is 0.146 e. The molecule has 5 nitrogen and oxygen atoms in total. The maximum absolute atomic E-state index is 6.80. The van der Waals surface area contributed by atoms with E-state index in [0.717, 1.165) is 48.2 Å². The van der Waals surface area contributed by atoms with Gasteiger partial charge in [0.1, 0.15) is 11.9 Å². The van der Waals surface area contributed by atoms with E-state index in [9.17, 15) is 0 Å².